The Morgan fingerprint density at radius 1 is 1.09 bits per heavy atom. The molecule has 2 nitrogen and oxygen atoms in total. The van der Waals surface area contributed by atoms with Crippen molar-refractivity contribution >= 4 is 6.08 Å². The van der Waals surface area contributed by atoms with Gasteiger partial charge in [0.25, 0.3) is 0 Å². The molecule has 3 rings (SSSR count). The molecule has 0 aliphatic heterocycles. The molecule has 23 heavy (non-hydrogen) atoms. The average molecular weight is 346 g/mol. The maximum absolute atomic E-state index is 11.7. The summed E-state index contributed by atoms with van der Waals surface area (Å²) < 4.78 is 5.12. The normalized spacial score (nSPS) is 11.8. The predicted molar refractivity (Wildman–Crippen MR) is 89.4 cm³/mol. The fourth-order valence-corrected chi connectivity index (χ4v) is 1.87. The Kier molecular flexibility index (Phi) is 8.44. The van der Waals surface area contributed by atoms with Crippen LogP contribution in [-0.2, 0) is 17.1 Å². The second kappa shape index (κ2) is 10.4. The summed E-state index contributed by atoms with van der Waals surface area (Å²) >= 11 is 0. The van der Waals surface area contributed by atoms with E-state index >= 15 is 0 Å². The summed E-state index contributed by atoms with van der Waals surface area (Å²) in [6, 6.07) is 17.6. The van der Waals surface area contributed by atoms with Crippen LogP contribution in [-0.4, -0.2) is 7.11 Å². The van der Waals surface area contributed by atoms with Crippen LogP contribution in [0.25, 0.3) is 6.08 Å². The van der Waals surface area contributed by atoms with E-state index in [2.05, 4.69) is 0 Å². The zero-order valence-corrected chi connectivity index (χ0v) is 13.9. The van der Waals surface area contributed by atoms with E-state index in [1.54, 1.807) is 31.4 Å². The van der Waals surface area contributed by atoms with Crippen LogP contribution in [0.2, 0.25) is 0 Å². The number of hydrogen-bond donors (Lipinski definition) is 0. The topological polar surface area (TPSA) is 32.3 Å². The van der Waals surface area contributed by atoms with Gasteiger partial charge in [0, 0.05) is 0 Å². The van der Waals surface area contributed by atoms with E-state index in [1.165, 1.54) is 0 Å². The van der Waals surface area contributed by atoms with Gasteiger partial charge in [0.05, 0.1) is 7.11 Å². The molecular weight excluding hydrogens is 328 g/mol. The Morgan fingerprint density at radius 3 is 2.35 bits per heavy atom. The number of allylic oxidation sites excluding steroid dienone is 6. The summed E-state index contributed by atoms with van der Waals surface area (Å²) in [4.78, 5) is 0. The van der Waals surface area contributed by atoms with Crippen LogP contribution in [0.1, 0.15) is 5.56 Å². The van der Waals surface area contributed by atoms with Crippen molar-refractivity contribution in [3.8, 4) is 5.75 Å². The quantitative estimate of drug-likeness (QED) is 0.480. The molecule has 0 fully saturated rings. The molecule has 0 unspecified atom stereocenters. The van der Waals surface area contributed by atoms with E-state index in [0.29, 0.717) is 5.57 Å². The summed E-state index contributed by atoms with van der Waals surface area (Å²) in [5, 5.41) is 11.7. The third kappa shape index (κ3) is 6.52. The minimum atomic E-state index is 0. The Hall–Kier alpha value is -2.35. The van der Waals surface area contributed by atoms with Crippen LogP contribution in [0, 0.1) is 0 Å². The fourth-order valence-electron chi connectivity index (χ4n) is 1.87. The summed E-state index contributed by atoms with van der Waals surface area (Å²) in [5.41, 5.74) is 1.66. The van der Waals surface area contributed by atoms with E-state index < -0.39 is 0 Å². The predicted octanol–water partition coefficient (Wildman–Crippen LogP) is 3.85. The maximum Gasteiger partial charge on any atom is 2.00 e. The van der Waals surface area contributed by atoms with Crippen LogP contribution < -0.4 is 9.84 Å². The van der Waals surface area contributed by atoms with E-state index in [0.717, 1.165) is 11.3 Å². The van der Waals surface area contributed by atoms with Gasteiger partial charge in [-0.3, -0.25) is 0 Å². The van der Waals surface area contributed by atoms with Crippen LogP contribution in [0.3, 0.4) is 0 Å². The third-order valence-electron chi connectivity index (χ3n) is 3.02. The van der Waals surface area contributed by atoms with Crippen molar-refractivity contribution in [3.63, 3.8) is 0 Å². The monoisotopic (exact) mass is 346 g/mol. The number of methoxy groups -OCH3 is 1. The Morgan fingerprint density at radius 2 is 1.78 bits per heavy atom. The molecule has 0 radical (unpaired) electrons. The van der Waals surface area contributed by atoms with Crippen molar-refractivity contribution in [1.29, 1.82) is 0 Å². The minimum absolute atomic E-state index is 0. The van der Waals surface area contributed by atoms with E-state index in [9.17, 15) is 5.11 Å². The average Bonchev–Trinajstić information content (AvgIpc) is 3.28. The number of rotatable bonds is 3. The van der Waals surface area contributed by atoms with Gasteiger partial charge in [-0.05, 0) is 23.3 Å². The molecule has 0 atom stereocenters. The van der Waals surface area contributed by atoms with Crippen molar-refractivity contribution < 1.29 is 26.9 Å². The summed E-state index contributed by atoms with van der Waals surface area (Å²) in [5.74, 6) is 0.797. The minimum Gasteiger partial charge on any atom is -0.872 e. The third-order valence-corrected chi connectivity index (χ3v) is 3.02. The molecule has 0 bridgehead atoms. The van der Waals surface area contributed by atoms with Crippen molar-refractivity contribution in [3.05, 3.63) is 102 Å². The molecular formula is C20H18FeO2. The molecule has 0 saturated carbocycles. The second-order valence-corrected chi connectivity index (χ2v) is 4.61. The van der Waals surface area contributed by atoms with Crippen LogP contribution in [0.15, 0.2) is 96.3 Å². The summed E-state index contributed by atoms with van der Waals surface area (Å²) in [7, 11) is 1.62. The molecule has 2 aromatic rings. The van der Waals surface area contributed by atoms with Gasteiger partial charge in [-0.15, -0.1) is 5.76 Å². The van der Waals surface area contributed by atoms with Crippen molar-refractivity contribution in [2.75, 3.05) is 7.11 Å². The zero-order chi connectivity index (χ0) is 15.6. The molecule has 0 aromatic heterocycles. The van der Waals surface area contributed by atoms with E-state index in [1.807, 2.05) is 66.7 Å². The van der Waals surface area contributed by atoms with Crippen molar-refractivity contribution in [2.45, 2.75) is 0 Å². The molecule has 0 heterocycles. The molecule has 0 N–H and O–H groups in total. The zero-order valence-electron chi connectivity index (χ0n) is 12.8. The summed E-state index contributed by atoms with van der Waals surface area (Å²) in [6.07, 6.45) is 10.7. The van der Waals surface area contributed by atoms with Gasteiger partial charge in [0.2, 0.25) is 0 Å². The van der Waals surface area contributed by atoms with Crippen molar-refractivity contribution in [2.24, 2.45) is 0 Å². The number of hydrogen-bond acceptors (Lipinski definition) is 2. The van der Waals surface area contributed by atoms with E-state index in [-0.39, 0.29) is 22.8 Å². The van der Waals surface area contributed by atoms with Gasteiger partial charge >= 0.3 is 17.1 Å². The second-order valence-electron chi connectivity index (χ2n) is 4.61. The number of ether oxygens (including phenoxy) is 1. The largest absolute Gasteiger partial charge is 2.00 e. The van der Waals surface area contributed by atoms with Crippen molar-refractivity contribution in [1.82, 2.24) is 0 Å². The van der Waals surface area contributed by atoms with E-state index in [4.69, 9.17) is 4.74 Å². The Labute approximate surface area is 148 Å². The first-order valence-corrected chi connectivity index (χ1v) is 7.04. The first kappa shape index (κ1) is 18.7. The molecule has 0 spiro atoms. The molecule has 2 aromatic carbocycles. The van der Waals surface area contributed by atoms with Gasteiger partial charge < -0.3 is 9.84 Å². The Balaban J connectivity index is 0.000000377. The number of benzene rings is 1. The summed E-state index contributed by atoms with van der Waals surface area (Å²) in [6.45, 7) is 0. The van der Waals surface area contributed by atoms with Gasteiger partial charge in [-0.2, -0.15) is 18.2 Å². The molecule has 3 heteroatoms. The van der Waals surface area contributed by atoms with Crippen LogP contribution in [0.5, 0.6) is 5.75 Å². The molecule has 0 amide bonds. The molecule has 0 saturated heterocycles. The molecule has 1 aliphatic carbocycles. The molecule has 118 valence electrons. The van der Waals surface area contributed by atoms with Gasteiger partial charge in [-0.25, -0.2) is 12.1 Å². The van der Waals surface area contributed by atoms with Gasteiger partial charge in [-0.1, -0.05) is 48.6 Å². The first-order valence-electron chi connectivity index (χ1n) is 7.04. The smallest absolute Gasteiger partial charge is 0.872 e. The Bertz CT molecular complexity index is 661. The van der Waals surface area contributed by atoms with Crippen LogP contribution in [0.4, 0.5) is 0 Å². The van der Waals surface area contributed by atoms with Gasteiger partial charge in [0.15, 0.2) is 0 Å². The maximum atomic E-state index is 11.7. The molecule has 1 aliphatic rings. The SMILES string of the molecule is COc1cccc(/C=C/C([O-])=C2C=CC=C2)c1.[Fe+2].c1cc[cH-]c1. The fraction of sp³-hybridized carbons (Fsp3) is 0.0500. The first-order chi connectivity index (χ1) is 10.8. The van der Waals surface area contributed by atoms with Crippen LogP contribution >= 0.6 is 0 Å². The standard InChI is InChI=1S/C15H14O2.C5H5.Fe/c1-17-14-8-4-5-12(11-14)9-10-15(16)13-6-2-3-7-13;1-2-4-5-3-1;/h2-11,16H,1H3;1-5H;/q;-1;+2/p-1/b10-9+;;. The van der Waals surface area contributed by atoms with Gasteiger partial charge in [0.1, 0.15) is 5.75 Å².